The summed E-state index contributed by atoms with van der Waals surface area (Å²) < 4.78 is 22.8. The molecule has 9 heteroatoms. The number of sulfone groups is 1. The lowest BCUT2D eigenvalue weighted by atomic mass is 10.1. The second kappa shape index (κ2) is 11.9. The van der Waals surface area contributed by atoms with Crippen LogP contribution in [0.25, 0.3) is 0 Å². The standard InChI is InChI=1S/C21H30N4O2S2.HI/c1-3-22-21(23-15-17-6-8-18(9-7-17)16-29(2,26)27)24-19-10-12-25(13-11-19)20-5-4-14-28-20;/h4-9,14,19H,3,10-13,15-16H2,1-2H3,(H2,22,23,24);1H. The van der Waals surface area contributed by atoms with Crippen molar-refractivity contribution in [2.24, 2.45) is 4.99 Å². The zero-order valence-electron chi connectivity index (χ0n) is 17.5. The lowest BCUT2D eigenvalue weighted by Gasteiger charge is -2.33. The molecule has 2 heterocycles. The molecule has 0 atom stereocenters. The van der Waals surface area contributed by atoms with Gasteiger partial charge in [-0.05, 0) is 48.4 Å². The molecule has 1 aromatic carbocycles. The number of thiophene rings is 1. The molecule has 2 aromatic rings. The molecular formula is C21H31IN4O2S2. The van der Waals surface area contributed by atoms with Crippen molar-refractivity contribution in [2.75, 3.05) is 30.8 Å². The fourth-order valence-corrected chi connectivity index (χ4v) is 5.00. The lowest BCUT2D eigenvalue weighted by molar-refractivity contribution is 0.463. The largest absolute Gasteiger partial charge is 0.363 e. The van der Waals surface area contributed by atoms with Gasteiger partial charge in [0.25, 0.3) is 0 Å². The van der Waals surface area contributed by atoms with Gasteiger partial charge in [0.1, 0.15) is 0 Å². The highest BCUT2D eigenvalue weighted by Crippen LogP contribution is 2.24. The Kier molecular flexibility index (Phi) is 9.89. The van der Waals surface area contributed by atoms with Crippen LogP contribution in [0.1, 0.15) is 30.9 Å². The zero-order valence-corrected chi connectivity index (χ0v) is 21.5. The Hall–Kier alpha value is -1.33. The van der Waals surface area contributed by atoms with E-state index >= 15 is 0 Å². The van der Waals surface area contributed by atoms with Crippen molar-refractivity contribution < 1.29 is 8.42 Å². The second-order valence-corrected chi connectivity index (χ2v) is 10.5. The van der Waals surface area contributed by atoms with Gasteiger partial charge in [-0.15, -0.1) is 35.3 Å². The molecule has 1 aliphatic heterocycles. The molecule has 0 amide bonds. The first-order valence-electron chi connectivity index (χ1n) is 10.0. The fourth-order valence-electron chi connectivity index (χ4n) is 3.42. The number of piperidine rings is 1. The first kappa shape index (κ1) is 24.9. The number of hydrogen-bond acceptors (Lipinski definition) is 5. The molecule has 30 heavy (non-hydrogen) atoms. The van der Waals surface area contributed by atoms with E-state index in [9.17, 15) is 8.42 Å². The average Bonchev–Trinajstić information content (AvgIpc) is 3.22. The van der Waals surface area contributed by atoms with Gasteiger partial charge >= 0.3 is 0 Å². The maximum Gasteiger partial charge on any atom is 0.191 e. The van der Waals surface area contributed by atoms with Gasteiger partial charge in [-0.3, -0.25) is 0 Å². The van der Waals surface area contributed by atoms with Crippen LogP contribution in [0.3, 0.4) is 0 Å². The first-order chi connectivity index (χ1) is 13.9. The molecule has 6 nitrogen and oxygen atoms in total. The molecule has 0 radical (unpaired) electrons. The van der Waals surface area contributed by atoms with Crippen LogP contribution in [0.5, 0.6) is 0 Å². The van der Waals surface area contributed by atoms with Gasteiger partial charge in [0, 0.05) is 31.9 Å². The van der Waals surface area contributed by atoms with Crippen molar-refractivity contribution >= 4 is 56.1 Å². The normalized spacial score (nSPS) is 15.5. The van der Waals surface area contributed by atoms with Crippen molar-refractivity contribution in [1.82, 2.24) is 10.6 Å². The Morgan fingerprint density at radius 1 is 1.17 bits per heavy atom. The molecule has 3 rings (SSSR count). The zero-order chi connectivity index (χ0) is 20.7. The van der Waals surface area contributed by atoms with E-state index in [0.29, 0.717) is 12.6 Å². The summed E-state index contributed by atoms with van der Waals surface area (Å²) in [4.78, 5) is 7.16. The third-order valence-electron chi connectivity index (χ3n) is 4.87. The average molecular weight is 563 g/mol. The number of anilines is 1. The molecule has 0 saturated carbocycles. The van der Waals surface area contributed by atoms with E-state index in [0.717, 1.165) is 49.6 Å². The molecule has 1 aromatic heterocycles. The predicted molar refractivity (Wildman–Crippen MR) is 138 cm³/mol. The van der Waals surface area contributed by atoms with E-state index in [4.69, 9.17) is 4.99 Å². The van der Waals surface area contributed by atoms with Crippen LogP contribution in [0, 0.1) is 0 Å². The summed E-state index contributed by atoms with van der Waals surface area (Å²) in [5.74, 6) is 0.910. The molecule has 0 aliphatic carbocycles. The third-order valence-corrected chi connectivity index (χ3v) is 6.66. The highest BCUT2D eigenvalue weighted by Gasteiger charge is 2.20. The Bertz CT molecular complexity index is 892. The predicted octanol–water partition coefficient (Wildman–Crippen LogP) is 3.63. The summed E-state index contributed by atoms with van der Waals surface area (Å²) >= 11 is 1.80. The van der Waals surface area contributed by atoms with Gasteiger partial charge in [0.15, 0.2) is 15.8 Å². The van der Waals surface area contributed by atoms with Crippen molar-refractivity contribution in [2.45, 2.75) is 38.1 Å². The quantitative estimate of drug-likeness (QED) is 0.307. The number of benzene rings is 1. The van der Waals surface area contributed by atoms with E-state index in [-0.39, 0.29) is 29.7 Å². The molecule has 2 N–H and O–H groups in total. The number of guanidine groups is 1. The van der Waals surface area contributed by atoms with Crippen molar-refractivity contribution in [3.63, 3.8) is 0 Å². The van der Waals surface area contributed by atoms with E-state index in [1.807, 2.05) is 24.3 Å². The van der Waals surface area contributed by atoms with Crippen LogP contribution in [0.2, 0.25) is 0 Å². The van der Waals surface area contributed by atoms with Crippen LogP contribution in [-0.4, -0.2) is 46.3 Å². The SMILES string of the molecule is CCNC(=NCc1ccc(CS(C)(=O)=O)cc1)NC1CCN(c2cccs2)CC1.I. The summed E-state index contributed by atoms with van der Waals surface area (Å²) in [6, 6.07) is 12.3. The van der Waals surface area contributed by atoms with Crippen LogP contribution in [-0.2, 0) is 22.1 Å². The van der Waals surface area contributed by atoms with Crippen molar-refractivity contribution in [1.29, 1.82) is 0 Å². The van der Waals surface area contributed by atoms with E-state index in [1.165, 1.54) is 11.3 Å². The number of halogens is 1. The van der Waals surface area contributed by atoms with Gasteiger partial charge in [-0.1, -0.05) is 24.3 Å². The minimum atomic E-state index is -3.01. The van der Waals surface area contributed by atoms with Gasteiger partial charge < -0.3 is 15.5 Å². The Morgan fingerprint density at radius 3 is 2.40 bits per heavy atom. The number of aliphatic imine (C=N–C) groups is 1. The Labute approximate surface area is 201 Å². The summed E-state index contributed by atoms with van der Waals surface area (Å²) in [5.41, 5.74) is 1.87. The minimum Gasteiger partial charge on any atom is -0.363 e. The van der Waals surface area contributed by atoms with E-state index < -0.39 is 9.84 Å². The number of nitrogens with one attached hydrogen (secondary N) is 2. The first-order valence-corrected chi connectivity index (χ1v) is 13.0. The summed E-state index contributed by atoms with van der Waals surface area (Å²) in [6.45, 7) is 5.55. The second-order valence-electron chi connectivity index (χ2n) is 7.44. The van der Waals surface area contributed by atoms with Crippen LogP contribution in [0.4, 0.5) is 5.00 Å². The smallest absolute Gasteiger partial charge is 0.191 e. The van der Waals surface area contributed by atoms with Gasteiger partial charge in [0.2, 0.25) is 0 Å². The van der Waals surface area contributed by atoms with E-state index in [2.05, 4.69) is 40.0 Å². The summed E-state index contributed by atoms with van der Waals surface area (Å²) in [7, 11) is -3.01. The van der Waals surface area contributed by atoms with Gasteiger partial charge in [-0.2, -0.15) is 0 Å². The molecule has 166 valence electrons. The Balaban J connectivity index is 0.00000320. The van der Waals surface area contributed by atoms with E-state index in [1.54, 1.807) is 11.3 Å². The maximum atomic E-state index is 11.4. The minimum absolute atomic E-state index is 0. The topological polar surface area (TPSA) is 73.8 Å². The third kappa shape index (κ3) is 8.07. The van der Waals surface area contributed by atoms with Crippen molar-refractivity contribution in [3.8, 4) is 0 Å². The molecule has 1 saturated heterocycles. The summed E-state index contributed by atoms with van der Waals surface area (Å²) in [6.07, 6.45) is 3.43. The highest BCUT2D eigenvalue weighted by molar-refractivity contribution is 14.0. The fraction of sp³-hybridized carbons (Fsp3) is 0.476. The molecule has 0 unspecified atom stereocenters. The Morgan fingerprint density at radius 2 is 1.83 bits per heavy atom. The molecule has 1 aliphatic rings. The molecule has 0 bridgehead atoms. The maximum absolute atomic E-state index is 11.4. The van der Waals surface area contributed by atoms with Crippen LogP contribution >= 0.6 is 35.3 Å². The van der Waals surface area contributed by atoms with Gasteiger partial charge in [-0.25, -0.2) is 13.4 Å². The number of nitrogens with zero attached hydrogens (tertiary/aromatic N) is 2. The molecular weight excluding hydrogens is 531 g/mol. The van der Waals surface area contributed by atoms with Crippen LogP contribution in [0.15, 0.2) is 46.8 Å². The molecule has 0 spiro atoms. The monoisotopic (exact) mass is 562 g/mol. The lowest BCUT2D eigenvalue weighted by Crippen LogP contribution is -2.48. The van der Waals surface area contributed by atoms with Crippen LogP contribution < -0.4 is 15.5 Å². The number of hydrogen-bond donors (Lipinski definition) is 2. The summed E-state index contributed by atoms with van der Waals surface area (Å²) in [5, 5.41) is 10.4. The van der Waals surface area contributed by atoms with Crippen molar-refractivity contribution in [3.05, 3.63) is 52.9 Å². The van der Waals surface area contributed by atoms with Gasteiger partial charge in [0.05, 0.1) is 17.3 Å². The highest BCUT2D eigenvalue weighted by atomic mass is 127. The number of rotatable bonds is 7. The molecule has 1 fully saturated rings.